The van der Waals surface area contributed by atoms with Gasteiger partial charge in [0.25, 0.3) is 0 Å². The third-order valence-corrected chi connectivity index (χ3v) is 3.75. The summed E-state index contributed by atoms with van der Waals surface area (Å²) in [7, 11) is 2.14. The van der Waals surface area contributed by atoms with E-state index in [1.54, 1.807) is 0 Å². The van der Waals surface area contributed by atoms with Crippen LogP contribution in [0.15, 0.2) is 18.2 Å². The number of nitrogens with two attached hydrogens (primary N) is 1. The number of hydrogen-bond acceptors (Lipinski definition) is 3. The van der Waals surface area contributed by atoms with Gasteiger partial charge in [-0.05, 0) is 52.1 Å². The highest BCUT2D eigenvalue weighted by molar-refractivity contribution is 6.31. The summed E-state index contributed by atoms with van der Waals surface area (Å²) >= 11 is 5.96. The van der Waals surface area contributed by atoms with E-state index in [9.17, 15) is 0 Å². The molecule has 1 aromatic heterocycles. The largest absolute Gasteiger partial charge is 0.369 e. The summed E-state index contributed by atoms with van der Waals surface area (Å²) in [4.78, 5) is 6.68. The molecule has 19 heavy (non-hydrogen) atoms. The molecular formula is C14H21ClN4. The molecule has 0 amide bonds. The summed E-state index contributed by atoms with van der Waals surface area (Å²) in [5.74, 6) is 0.560. The van der Waals surface area contributed by atoms with Crippen LogP contribution in [0.25, 0.3) is 11.0 Å². The van der Waals surface area contributed by atoms with Crippen LogP contribution in [0.2, 0.25) is 5.02 Å². The van der Waals surface area contributed by atoms with E-state index in [4.69, 9.17) is 17.3 Å². The van der Waals surface area contributed by atoms with E-state index in [1.165, 1.54) is 0 Å². The third kappa shape index (κ3) is 3.19. The van der Waals surface area contributed by atoms with Crippen molar-refractivity contribution < 1.29 is 0 Å². The Kier molecular flexibility index (Phi) is 4.32. The van der Waals surface area contributed by atoms with Gasteiger partial charge in [0, 0.05) is 17.6 Å². The van der Waals surface area contributed by atoms with E-state index < -0.39 is 0 Å². The van der Waals surface area contributed by atoms with Gasteiger partial charge in [-0.2, -0.15) is 0 Å². The van der Waals surface area contributed by atoms with Crippen molar-refractivity contribution in [3.63, 3.8) is 0 Å². The van der Waals surface area contributed by atoms with Crippen LogP contribution in [0.3, 0.4) is 0 Å². The van der Waals surface area contributed by atoms with Crippen molar-refractivity contribution in [2.75, 3.05) is 19.3 Å². The van der Waals surface area contributed by atoms with Gasteiger partial charge < -0.3 is 15.2 Å². The normalized spacial score (nSPS) is 11.9. The number of benzene rings is 1. The summed E-state index contributed by atoms with van der Waals surface area (Å²) in [5.41, 5.74) is 7.89. The maximum atomic E-state index is 5.98. The first-order valence-electron chi connectivity index (χ1n) is 6.60. The summed E-state index contributed by atoms with van der Waals surface area (Å²) in [5, 5.41) is 0.691. The van der Waals surface area contributed by atoms with Gasteiger partial charge in [-0.15, -0.1) is 0 Å². The van der Waals surface area contributed by atoms with Gasteiger partial charge in [-0.3, -0.25) is 0 Å². The van der Waals surface area contributed by atoms with Crippen molar-refractivity contribution in [3.8, 4) is 0 Å². The standard InChI is InChI=1S/C14H21ClN4/c1-10(2)18(3)7-4-8-19-13-6-5-11(15)9-12(13)17-14(19)16/h5-6,9-10H,4,7-8H2,1-3H3,(H2,16,17). The Morgan fingerprint density at radius 1 is 1.42 bits per heavy atom. The Hall–Kier alpha value is -1.26. The molecule has 0 aliphatic rings. The molecule has 0 aliphatic heterocycles. The number of anilines is 1. The highest BCUT2D eigenvalue weighted by atomic mass is 35.5. The monoisotopic (exact) mass is 280 g/mol. The minimum Gasteiger partial charge on any atom is -0.369 e. The third-order valence-electron chi connectivity index (χ3n) is 3.51. The van der Waals surface area contributed by atoms with E-state index in [0.717, 1.165) is 30.5 Å². The van der Waals surface area contributed by atoms with Crippen molar-refractivity contribution >= 4 is 28.6 Å². The Labute approximate surface area is 119 Å². The van der Waals surface area contributed by atoms with Gasteiger partial charge in [0.05, 0.1) is 11.0 Å². The van der Waals surface area contributed by atoms with E-state index in [-0.39, 0.29) is 0 Å². The van der Waals surface area contributed by atoms with E-state index in [2.05, 4.69) is 35.3 Å². The van der Waals surface area contributed by atoms with Crippen molar-refractivity contribution in [2.24, 2.45) is 0 Å². The predicted octanol–water partition coefficient (Wildman–Crippen LogP) is 3.00. The van der Waals surface area contributed by atoms with Crippen LogP contribution in [-0.4, -0.2) is 34.1 Å². The number of rotatable bonds is 5. The molecule has 2 N–H and O–H groups in total. The zero-order valence-electron chi connectivity index (χ0n) is 11.7. The van der Waals surface area contributed by atoms with E-state index >= 15 is 0 Å². The fourth-order valence-electron chi connectivity index (χ4n) is 2.09. The first-order chi connectivity index (χ1) is 8.99. The van der Waals surface area contributed by atoms with Crippen LogP contribution in [0, 0.1) is 0 Å². The van der Waals surface area contributed by atoms with Gasteiger partial charge in [0.15, 0.2) is 0 Å². The molecule has 1 aromatic carbocycles. The SMILES string of the molecule is CC(C)N(C)CCCn1c(N)nc2cc(Cl)ccc21. The first-order valence-corrected chi connectivity index (χ1v) is 6.98. The molecule has 1 heterocycles. The van der Waals surface area contributed by atoms with Crippen molar-refractivity contribution in [1.82, 2.24) is 14.5 Å². The number of aryl methyl sites for hydroxylation is 1. The molecule has 0 aliphatic carbocycles. The second-order valence-corrected chi connectivity index (χ2v) is 5.62. The fourth-order valence-corrected chi connectivity index (χ4v) is 2.26. The second-order valence-electron chi connectivity index (χ2n) is 5.18. The highest BCUT2D eigenvalue weighted by Crippen LogP contribution is 2.21. The fraction of sp³-hybridized carbons (Fsp3) is 0.500. The quantitative estimate of drug-likeness (QED) is 0.916. The molecule has 0 bridgehead atoms. The minimum absolute atomic E-state index is 0.560. The average molecular weight is 281 g/mol. The molecule has 2 aromatic rings. The summed E-state index contributed by atoms with van der Waals surface area (Å²) in [6.45, 7) is 6.32. The maximum absolute atomic E-state index is 5.98. The van der Waals surface area contributed by atoms with Crippen LogP contribution < -0.4 is 5.73 Å². The predicted molar refractivity (Wildman–Crippen MR) is 81.5 cm³/mol. The molecular weight excluding hydrogens is 260 g/mol. The zero-order valence-corrected chi connectivity index (χ0v) is 12.5. The number of halogens is 1. The lowest BCUT2D eigenvalue weighted by molar-refractivity contribution is 0.266. The molecule has 0 saturated heterocycles. The molecule has 0 fully saturated rings. The van der Waals surface area contributed by atoms with Gasteiger partial charge in [0.2, 0.25) is 5.95 Å². The number of fused-ring (bicyclic) bond motifs is 1. The number of aromatic nitrogens is 2. The van der Waals surface area contributed by atoms with Crippen LogP contribution in [0.5, 0.6) is 0 Å². The summed E-state index contributed by atoms with van der Waals surface area (Å²) < 4.78 is 2.06. The van der Waals surface area contributed by atoms with E-state index in [0.29, 0.717) is 17.0 Å². The van der Waals surface area contributed by atoms with Crippen LogP contribution in [-0.2, 0) is 6.54 Å². The molecule has 0 spiro atoms. The average Bonchev–Trinajstić information content (AvgIpc) is 2.64. The van der Waals surface area contributed by atoms with Gasteiger partial charge in [0.1, 0.15) is 0 Å². The van der Waals surface area contributed by atoms with Crippen LogP contribution in [0.1, 0.15) is 20.3 Å². The number of hydrogen-bond donors (Lipinski definition) is 1. The summed E-state index contributed by atoms with van der Waals surface area (Å²) in [6, 6.07) is 6.27. The molecule has 0 saturated carbocycles. The van der Waals surface area contributed by atoms with Crippen LogP contribution in [0.4, 0.5) is 5.95 Å². The van der Waals surface area contributed by atoms with Crippen molar-refractivity contribution in [1.29, 1.82) is 0 Å². The first kappa shape index (κ1) is 14.2. The lowest BCUT2D eigenvalue weighted by atomic mass is 10.3. The molecule has 2 rings (SSSR count). The van der Waals surface area contributed by atoms with Gasteiger partial charge in [-0.1, -0.05) is 11.6 Å². The van der Waals surface area contributed by atoms with Crippen LogP contribution >= 0.6 is 11.6 Å². The number of imidazole rings is 1. The van der Waals surface area contributed by atoms with Crippen molar-refractivity contribution in [2.45, 2.75) is 32.9 Å². The number of nitrogen functional groups attached to an aromatic ring is 1. The molecule has 4 nitrogen and oxygen atoms in total. The lowest BCUT2D eigenvalue weighted by Gasteiger charge is -2.21. The topological polar surface area (TPSA) is 47.1 Å². The Morgan fingerprint density at radius 2 is 2.16 bits per heavy atom. The van der Waals surface area contributed by atoms with E-state index in [1.807, 2.05) is 18.2 Å². The van der Waals surface area contributed by atoms with Gasteiger partial charge in [-0.25, -0.2) is 4.98 Å². The molecule has 0 unspecified atom stereocenters. The Bertz CT molecular complexity index is 562. The minimum atomic E-state index is 0.560. The molecule has 104 valence electrons. The molecule has 5 heteroatoms. The number of nitrogens with zero attached hydrogens (tertiary/aromatic N) is 3. The second kappa shape index (κ2) is 5.80. The van der Waals surface area contributed by atoms with Gasteiger partial charge >= 0.3 is 0 Å². The smallest absolute Gasteiger partial charge is 0.201 e. The lowest BCUT2D eigenvalue weighted by Crippen LogP contribution is -2.28. The maximum Gasteiger partial charge on any atom is 0.201 e. The molecule has 0 radical (unpaired) electrons. The zero-order chi connectivity index (χ0) is 14.0. The van der Waals surface area contributed by atoms with Crippen molar-refractivity contribution in [3.05, 3.63) is 23.2 Å². The Balaban J connectivity index is 2.10. The Morgan fingerprint density at radius 3 is 2.84 bits per heavy atom. The summed E-state index contributed by atoms with van der Waals surface area (Å²) in [6.07, 6.45) is 1.05. The highest BCUT2D eigenvalue weighted by Gasteiger charge is 2.09. The molecule has 0 atom stereocenters.